The van der Waals surface area contributed by atoms with Gasteiger partial charge in [0.1, 0.15) is 18.0 Å². The Labute approximate surface area is 211 Å². The van der Waals surface area contributed by atoms with Gasteiger partial charge in [0.2, 0.25) is 0 Å². The van der Waals surface area contributed by atoms with E-state index in [9.17, 15) is 14.4 Å². The molecule has 1 saturated heterocycles. The molecule has 2 fully saturated rings. The van der Waals surface area contributed by atoms with Crippen LogP contribution in [0.25, 0.3) is 0 Å². The Kier molecular flexibility index (Phi) is 7.42. The summed E-state index contributed by atoms with van der Waals surface area (Å²) in [5, 5.41) is 0. The van der Waals surface area contributed by atoms with Gasteiger partial charge in [-0.05, 0) is 54.9 Å². The van der Waals surface area contributed by atoms with Crippen molar-refractivity contribution in [2.75, 3.05) is 6.61 Å². The van der Waals surface area contributed by atoms with Gasteiger partial charge in [-0.1, -0.05) is 54.0 Å². The summed E-state index contributed by atoms with van der Waals surface area (Å²) < 4.78 is 17.4. The fraction of sp³-hybridized carbons (Fsp3) is 0.828. The second kappa shape index (κ2) is 9.32. The zero-order valence-corrected chi connectivity index (χ0v) is 23.5. The molecule has 35 heavy (non-hydrogen) atoms. The molecule has 6 heteroatoms. The van der Waals surface area contributed by atoms with Crippen LogP contribution in [0.1, 0.15) is 101 Å². The minimum absolute atomic E-state index is 0.0454. The molecule has 198 valence electrons. The van der Waals surface area contributed by atoms with Gasteiger partial charge in [-0.25, -0.2) is 0 Å². The molecule has 6 nitrogen and oxygen atoms in total. The Balaban J connectivity index is 1.89. The van der Waals surface area contributed by atoms with Gasteiger partial charge in [0, 0.05) is 31.6 Å². The number of ketones is 1. The first-order valence-corrected chi connectivity index (χ1v) is 13.3. The van der Waals surface area contributed by atoms with Crippen LogP contribution < -0.4 is 0 Å². The summed E-state index contributed by atoms with van der Waals surface area (Å²) in [6, 6.07) is 0. The third-order valence-electron chi connectivity index (χ3n) is 10.8. The van der Waals surface area contributed by atoms with Crippen LogP contribution in [0.4, 0.5) is 0 Å². The molecular weight excluding hydrogens is 444 g/mol. The molecule has 7 atom stereocenters. The Morgan fingerprint density at radius 1 is 1.06 bits per heavy atom. The molecule has 0 bridgehead atoms. The molecule has 2 aliphatic carbocycles. The summed E-state index contributed by atoms with van der Waals surface area (Å²) in [7, 11) is 0. The van der Waals surface area contributed by atoms with Crippen LogP contribution >= 0.6 is 0 Å². The SMILES string of the molecule is CCC1(C)C[C@H](OC(C)=O)C(C)=C(CCC(=O)C2(C)C(C)CC3OC[C@@]3(OC(C)=O)[C@@H]2C)C1(C)C. The number of fused-ring (bicyclic) bond motifs is 1. The number of hydrogen-bond acceptors (Lipinski definition) is 6. The third-order valence-corrected chi connectivity index (χ3v) is 10.8. The van der Waals surface area contributed by atoms with E-state index in [1.807, 2.05) is 6.92 Å². The monoisotopic (exact) mass is 490 g/mol. The van der Waals surface area contributed by atoms with Gasteiger partial charge in [0.25, 0.3) is 0 Å². The maximum Gasteiger partial charge on any atom is 0.303 e. The average molecular weight is 491 g/mol. The van der Waals surface area contributed by atoms with Gasteiger partial charge in [0.15, 0.2) is 5.60 Å². The molecule has 3 rings (SSSR count). The second-order valence-corrected chi connectivity index (χ2v) is 12.4. The zero-order valence-electron chi connectivity index (χ0n) is 23.5. The second-order valence-electron chi connectivity index (χ2n) is 12.4. The lowest BCUT2D eigenvalue weighted by Gasteiger charge is -2.61. The predicted molar refractivity (Wildman–Crippen MR) is 135 cm³/mol. The molecule has 4 unspecified atom stereocenters. The van der Waals surface area contributed by atoms with Gasteiger partial charge in [-0.2, -0.15) is 0 Å². The lowest BCUT2D eigenvalue weighted by Crippen LogP contribution is -2.72. The molecule has 0 aromatic rings. The van der Waals surface area contributed by atoms with Gasteiger partial charge >= 0.3 is 11.9 Å². The molecule has 3 aliphatic rings. The fourth-order valence-electron chi connectivity index (χ4n) is 7.31. The summed E-state index contributed by atoms with van der Waals surface area (Å²) in [5.74, 6) is -0.414. The van der Waals surface area contributed by atoms with Crippen molar-refractivity contribution in [2.24, 2.45) is 28.1 Å². The van der Waals surface area contributed by atoms with Crippen LogP contribution in [0.15, 0.2) is 11.1 Å². The van der Waals surface area contributed by atoms with E-state index in [4.69, 9.17) is 14.2 Å². The summed E-state index contributed by atoms with van der Waals surface area (Å²) in [6.45, 7) is 20.5. The summed E-state index contributed by atoms with van der Waals surface area (Å²) in [4.78, 5) is 37.8. The molecule has 1 heterocycles. The first-order chi connectivity index (χ1) is 16.1. The van der Waals surface area contributed by atoms with E-state index >= 15 is 0 Å². The van der Waals surface area contributed by atoms with Crippen molar-refractivity contribution in [2.45, 2.75) is 119 Å². The minimum Gasteiger partial charge on any atom is -0.458 e. The topological polar surface area (TPSA) is 78.9 Å². The van der Waals surface area contributed by atoms with E-state index in [1.54, 1.807) is 0 Å². The number of Topliss-reactive ketones (excluding diaryl/α,β-unsaturated/α-hetero) is 1. The minimum atomic E-state index is -0.719. The van der Waals surface area contributed by atoms with E-state index in [-0.39, 0.29) is 52.6 Å². The van der Waals surface area contributed by atoms with Gasteiger partial charge < -0.3 is 14.2 Å². The number of carbonyl (C=O) groups excluding carboxylic acids is 3. The molecule has 0 N–H and O–H groups in total. The lowest BCUT2D eigenvalue weighted by molar-refractivity contribution is -0.307. The molecule has 1 aliphatic heterocycles. The summed E-state index contributed by atoms with van der Waals surface area (Å²) >= 11 is 0. The molecule has 0 radical (unpaired) electrons. The number of esters is 2. The number of ether oxygens (including phenoxy) is 3. The highest BCUT2D eigenvalue weighted by molar-refractivity contribution is 5.86. The van der Waals surface area contributed by atoms with Gasteiger partial charge in [-0.15, -0.1) is 0 Å². The van der Waals surface area contributed by atoms with Crippen molar-refractivity contribution in [1.82, 2.24) is 0 Å². The standard InChI is InChI=1S/C29H46O6/c1-11-27(9)15-23(34-20(5)30)18(3)22(26(27,7)8)12-13-24(32)28(10)17(2)14-25-29(16-33-25,19(28)4)35-21(6)31/h17,19,23,25H,11-16H2,1-10H3/t17?,19-,23+,25?,27?,28?,29-/m1/s1. The van der Waals surface area contributed by atoms with Crippen molar-refractivity contribution < 1.29 is 28.6 Å². The van der Waals surface area contributed by atoms with Crippen molar-refractivity contribution in [3.63, 3.8) is 0 Å². The van der Waals surface area contributed by atoms with Crippen LogP contribution in [-0.4, -0.2) is 42.1 Å². The van der Waals surface area contributed by atoms with Crippen molar-refractivity contribution >= 4 is 17.7 Å². The molecule has 0 aromatic carbocycles. The molecule has 0 spiro atoms. The van der Waals surface area contributed by atoms with E-state index in [1.165, 1.54) is 19.4 Å². The fourth-order valence-corrected chi connectivity index (χ4v) is 7.31. The lowest BCUT2D eigenvalue weighted by atomic mass is 9.51. The maximum absolute atomic E-state index is 14.0. The maximum atomic E-state index is 14.0. The molecular formula is C29H46O6. The Morgan fingerprint density at radius 2 is 1.69 bits per heavy atom. The molecule has 1 saturated carbocycles. The zero-order chi connectivity index (χ0) is 26.6. The number of rotatable bonds is 7. The Bertz CT molecular complexity index is 918. The largest absolute Gasteiger partial charge is 0.458 e. The van der Waals surface area contributed by atoms with Crippen LogP contribution in [0, 0.1) is 28.1 Å². The van der Waals surface area contributed by atoms with Crippen LogP contribution in [-0.2, 0) is 28.6 Å². The molecule has 0 amide bonds. The van der Waals surface area contributed by atoms with Crippen LogP contribution in [0.3, 0.4) is 0 Å². The Hall–Kier alpha value is -1.69. The normalized spacial score (nSPS) is 40.4. The number of allylic oxidation sites excluding steroid dienone is 1. The Morgan fingerprint density at radius 3 is 2.17 bits per heavy atom. The quantitative estimate of drug-likeness (QED) is 0.331. The smallest absolute Gasteiger partial charge is 0.303 e. The highest BCUT2D eigenvalue weighted by Crippen LogP contribution is 2.59. The molecule has 0 aromatic heterocycles. The van der Waals surface area contributed by atoms with E-state index < -0.39 is 11.0 Å². The summed E-state index contributed by atoms with van der Waals surface area (Å²) in [6.07, 6.45) is 3.11. The van der Waals surface area contributed by atoms with Gasteiger partial charge in [0.05, 0.1) is 6.61 Å². The third kappa shape index (κ3) is 4.28. The highest BCUT2D eigenvalue weighted by Gasteiger charge is 2.66. The van der Waals surface area contributed by atoms with Crippen LogP contribution in [0.5, 0.6) is 0 Å². The number of hydrogen-bond donors (Lipinski definition) is 0. The number of carbonyl (C=O) groups is 3. The van der Waals surface area contributed by atoms with E-state index in [2.05, 4.69) is 48.5 Å². The highest BCUT2D eigenvalue weighted by atomic mass is 16.6. The van der Waals surface area contributed by atoms with Crippen molar-refractivity contribution in [1.29, 1.82) is 0 Å². The van der Waals surface area contributed by atoms with E-state index in [0.29, 0.717) is 25.9 Å². The predicted octanol–water partition coefficient (Wildman–Crippen LogP) is 5.81. The first kappa shape index (κ1) is 27.9. The first-order valence-electron chi connectivity index (χ1n) is 13.3. The van der Waals surface area contributed by atoms with E-state index in [0.717, 1.165) is 18.4 Å². The van der Waals surface area contributed by atoms with Crippen molar-refractivity contribution in [3.05, 3.63) is 11.1 Å². The van der Waals surface area contributed by atoms with Gasteiger partial charge in [-0.3, -0.25) is 14.4 Å². The average Bonchev–Trinajstić information content (AvgIpc) is 2.75. The van der Waals surface area contributed by atoms with Crippen LogP contribution in [0.2, 0.25) is 0 Å². The van der Waals surface area contributed by atoms with Crippen molar-refractivity contribution in [3.8, 4) is 0 Å². The summed E-state index contributed by atoms with van der Waals surface area (Å²) in [5.41, 5.74) is 0.806.